The molecule has 1 aliphatic carbocycles. The van der Waals surface area contributed by atoms with Crippen LogP contribution in [-0.4, -0.2) is 19.0 Å². The van der Waals surface area contributed by atoms with Gasteiger partial charge < -0.3 is 16.4 Å². The van der Waals surface area contributed by atoms with Gasteiger partial charge in [0.25, 0.3) is 5.91 Å². The molecule has 4 N–H and O–H groups in total. The standard InChI is InChI=1S/C10H12N4OS/c1-13-9(15)8-7(12)6(4-11)10(16-8)14-5-2-3-5/h5,14H,2-3,12H2,1H3,(H,13,15). The molecule has 0 radical (unpaired) electrons. The number of nitrogens with zero attached hydrogens (tertiary/aromatic N) is 1. The summed E-state index contributed by atoms with van der Waals surface area (Å²) in [6.07, 6.45) is 2.22. The molecule has 5 nitrogen and oxygen atoms in total. The van der Waals surface area contributed by atoms with Crippen LogP contribution in [0, 0.1) is 11.3 Å². The first kappa shape index (κ1) is 10.8. The molecular formula is C10H12N4OS. The minimum Gasteiger partial charge on any atom is -0.396 e. The number of carbonyl (C=O) groups is 1. The van der Waals surface area contributed by atoms with Crippen molar-refractivity contribution in [2.45, 2.75) is 18.9 Å². The second-order valence-corrected chi connectivity index (χ2v) is 4.68. The highest BCUT2D eigenvalue weighted by Crippen LogP contribution is 2.37. The molecule has 0 atom stereocenters. The van der Waals surface area contributed by atoms with Crippen molar-refractivity contribution in [1.82, 2.24) is 5.32 Å². The molecule has 1 saturated carbocycles. The van der Waals surface area contributed by atoms with Crippen molar-refractivity contribution in [2.75, 3.05) is 18.1 Å². The van der Waals surface area contributed by atoms with E-state index in [9.17, 15) is 4.79 Å². The van der Waals surface area contributed by atoms with Gasteiger partial charge in [-0.2, -0.15) is 5.26 Å². The average Bonchev–Trinajstić information content (AvgIpc) is 3.03. The number of hydrogen-bond acceptors (Lipinski definition) is 5. The van der Waals surface area contributed by atoms with Crippen LogP contribution in [0.5, 0.6) is 0 Å². The van der Waals surface area contributed by atoms with Gasteiger partial charge in [-0.05, 0) is 12.8 Å². The fraction of sp³-hybridized carbons (Fsp3) is 0.400. The Bertz CT molecular complexity index is 470. The molecule has 2 rings (SSSR count). The zero-order valence-corrected chi connectivity index (χ0v) is 9.65. The second-order valence-electron chi connectivity index (χ2n) is 3.66. The third-order valence-electron chi connectivity index (χ3n) is 2.40. The van der Waals surface area contributed by atoms with Gasteiger partial charge >= 0.3 is 0 Å². The van der Waals surface area contributed by atoms with Crippen molar-refractivity contribution in [3.63, 3.8) is 0 Å². The molecule has 1 fully saturated rings. The number of thiophene rings is 1. The van der Waals surface area contributed by atoms with Crippen molar-refractivity contribution in [3.8, 4) is 6.07 Å². The Balaban J connectivity index is 2.37. The van der Waals surface area contributed by atoms with Gasteiger partial charge in [-0.3, -0.25) is 4.79 Å². The minimum absolute atomic E-state index is 0.247. The van der Waals surface area contributed by atoms with Crippen LogP contribution in [-0.2, 0) is 0 Å². The Hall–Kier alpha value is -1.74. The van der Waals surface area contributed by atoms with Crippen LogP contribution in [0.15, 0.2) is 0 Å². The summed E-state index contributed by atoms with van der Waals surface area (Å²) >= 11 is 1.24. The lowest BCUT2D eigenvalue weighted by Gasteiger charge is -1.99. The predicted octanol–water partition coefficient (Wildman–Crippen LogP) is 1.14. The largest absolute Gasteiger partial charge is 0.396 e. The number of hydrogen-bond donors (Lipinski definition) is 3. The number of nitrogen functional groups attached to an aromatic ring is 1. The molecule has 0 spiro atoms. The fourth-order valence-corrected chi connectivity index (χ4v) is 2.45. The minimum atomic E-state index is -0.247. The molecule has 0 saturated heterocycles. The topological polar surface area (TPSA) is 90.9 Å². The van der Waals surface area contributed by atoms with Gasteiger partial charge in [-0.25, -0.2) is 0 Å². The lowest BCUT2D eigenvalue weighted by Crippen LogP contribution is -2.17. The molecule has 1 aromatic rings. The van der Waals surface area contributed by atoms with Gasteiger partial charge in [-0.15, -0.1) is 11.3 Å². The summed E-state index contributed by atoms with van der Waals surface area (Å²) in [5, 5.41) is 15.4. The highest BCUT2D eigenvalue weighted by molar-refractivity contribution is 7.19. The van der Waals surface area contributed by atoms with E-state index >= 15 is 0 Å². The molecular weight excluding hydrogens is 224 g/mol. The zero-order valence-electron chi connectivity index (χ0n) is 8.83. The van der Waals surface area contributed by atoms with Crippen LogP contribution in [0.3, 0.4) is 0 Å². The highest BCUT2D eigenvalue weighted by atomic mass is 32.1. The van der Waals surface area contributed by atoms with Gasteiger partial charge in [0.2, 0.25) is 0 Å². The Morgan fingerprint density at radius 2 is 2.31 bits per heavy atom. The van der Waals surface area contributed by atoms with E-state index in [-0.39, 0.29) is 11.6 Å². The molecule has 0 aliphatic heterocycles. The van der Waals surface area contributed by atoms with E-state index in [2.05, 4.69) is 10.6 Å². The number of rotatable bonds is 3. The maximum Gasteiger partial charge on any atom is 0.263 e. The lowest BCUT2D eigenvalue weighted by molar-refractivity contribution is 0.0968. The fourth-order valence-electron chi connectivity index (χ4n) is 1.35. The third-order valence-corrected chi connectivity index (χ3v) is 3.54. The first-order chi connectivity index (χ1) is 7.67. The number of anilines is 2. The predicted molar refractivity (Wildman–Crippen MR) is 63.5 cm³/mol. The van der Waals surface area contributed by atoms with Gasteiger partial charge in [-0.1, -0.05) is 0 Å². The number of amides is 1. The van der Waals surface area contributed by atoms with Gasteiger partial charge in [0.1, 0.15) is 21.5 Å². The highest BCUT2D eigenvalue weighted by Gasteiger charge is 2.26. The van der Waals surface area contributed by atoms with E-state index in [1.54, 1.807) is 7.05 Å². The van der Waals surface area contributed by atoms with Gasteiger partial charge in [0, 0.05) is 13.1 Å². The normalized spacial score (nSPS) is 14.2. The Morgan fingerprint density at radius 3 is 2.81 bits per heavy atom. The third kappa shape index (κ3) is 1.82. The van der Waals surface area contributed by atoms with Crippen LogP contribution in [0.25, 0.3) is 0 Å². The Morgan fingerprint density at radius 1 is 1.62 bits per heavy atom. The molecule has 1 aromatic heterocycles. The first-order valence-electron chi connectivity index (χ1n) is 4.98. The molecule has 1 heterocycles. The summed E-state index contributed by atoms with van der Waals surface area (Å²) in [5.41, 5.74) is 6.43. The summed E-state index contributed by atoms with van der Waals surface area (Å²) in [6.45, 7) is 0. The van der Waals surface area contributed by atoms with E-state index in [0.29, 0.717) is 21.5 Å². The molecule has 16 heavy (non-hydrogen) atoms. The summed E-state index contributed by atoms with van der Waals surface area (Å²) in [6, 6.07) is 2.47. The maximum absolute atomic E-state index is 11.5. The maximum atomic E-state index is 11.5. The zero-order chi connectivity index (χ0) is 11.7. The monoisotopic (exact) mass is 236 g/mol. The number of carbonyl (C=O) groups excluding carboxylic acids is 1. The number of nitriles is 1. The molecule has 0 unspecified atom stereocenters. The molecule has 6 heteroatoms. The smallest absolute Gasteiger partial charge is 0.263 e. The van der Waals surface area contributed by atoms with Crippen LogP contribution in [0.4, 0.5) is 10.7 Å². The Kier molecular flexibility index (Phi) is 2.71. The van der Waals surface area contributed by atoms with Gasteiger partial charge in [0.15, 0.2) is 0 Å². The molecule has 0 bridgehead atoms. The summed E-state index contributed by atoms with van der Waals surface area (Å²) in [5.74, 6) is -0.247. The van der Waals surface area contributed by atoms with Crippen LogP contribution < -0.4 is 16.4 Å². The van der Waals surface area contributed by atoms with E-state index < -0.39 is 0 Å². The van der Waals surface area contributed by atoms with Crippen molar-refractivity contribution in [2.24, 2.45) is 0 Å². The quantitative estimate of drug-likeness (QED) is 0.733. The number of nitrogens with two attached hydrogens (primary N) is 1. The van der Waals surface area contributed by atoms with Crippen molar-refractivity contribution >= 4 is 27.9 Å². The van der Waals surface area contributed by atoms with E-state index in [4.69, 9.17) is 11.0 Å². The average molecular weight is 236 g/mol. The van der Waals surface area contributed by atoms with Gasteiger partial charge in [0.05, 0.1) is 5.69 Å². The van der Waals surface area contributed by atoms with Crippen LogP contribution in [0.1, 0.15) is 28.1 Å². The second kappa shape index (κ2) is 4.02. The summed E-state index contributed by atoms with van der Waals surface area (Å²) in [4.78, 5) is 11.9. The lowest BCUT2D eigenvalue weighted by atomic mass is 10.2. The molecule has 84 valence electrons. The number of nitrogens with one attached hydrogen (secondary N) is 2. The molecule has 1 amide bonds. The van der Waals surface area contributed by atoms with E-state index in [0.717, 1.165) is 12.8 Å². The van der Waals surface area contributed by atoms with E-state index in [1.807, 2.05) is 6.07 Å². The summed E-state index contributed by atoms with van der Waals surface area (Å²) in [7, 11) is 1.54. The van der Waals surface area contributed by atoms with E-state index in [1.165, 1.54) is 11.3 Å². The summed E-state index contributed by atoms with van der Waals surface area (Å²) < 4.78 is 0. The Labute approximate surface area is 97.2 Å². The SMILES string of the molecule is CNC(=O)c1sc(NC2CC2)c(C#N)c1N. The van der Waals surface area contributed by atoms with Crippen LogP contribution >= 0.6 is 11.3 Å². The van der Waals surface area contributed by atoms with Crippen LogP contribution in [0.2, 0.25) is 0 Å². The molecule has 1 aliphatic rings. The van der Waals surface area contributed by atoms with Crippen molar-refractivity contribution in [3.05, 3.63) is 10.4 Å². The van der Waals surface area contributed by atoms with Crippen molar-refractivity contribution in [1.29, 1.82) is 5.26 Å². The molecule has 0 aromatic carbocycles. The first-order valence-corrected chi connectivity index (χ1v) is 5.80. The van der Waals surface area contributed by atoms with Crippen molar-refractivity contribution < 1.29 is 4.79 Å².